The summed E-state index contributed by atoms with van der Waals surface area (Å²) in [6, 6.07) is 12.6. The van der Waals surface area contributed by atoms with Crippen LogP contribution in [0.25, 0.3) is 10.9 Å². The Morgan fingerprint density at radius 3 is 2.74 bits per heavy atom. The predicted octanol–water partition coefficient (Wildman–Crippen LogP) is 4.67. The van der Waals surface area contributed by atoms with Gasteiger partial charge in [0.1, 0.15) is 28.2 Å². The van der Waals surface area contributed by atoms with E-state index in [1.807, 2.05) is 38.1 Å². The van der Waals surface area contributed by atoms with Gasteiger partial charge in [0.05, 0.1) is 17.2 Å². The van der Waals surface area contributed by atoms with Gasteiger partial charge in [0.15, 0.2) is 0 Å². The number of nitrogens with zero attached hydrogens (tertiary/aromatic N) is 4. The molecule has 1 atom stereocenters. The van der Waals surface area contributed by atoms with Crippen LogP contribution in [0.4, 0.5) is 17.1 Å². The lowest BCUT2D eigenvalue weighted by Gasteiger charge is -2.17. The number of aryl methyl sites for hydroxylation is 2. The maximum atomic E-state index is 12.5. The lowest BCUT2D eigenvalue weighted by atomic mass is 10.1. The van der Waals surface area contributed by atoms with Crippen molar-refractivity contribution in [2.75, 3.05) is 10.6 Å². The third-order valence-electron chi connectivity index (χ3n) is 5.00. The summed E-state index contributed by atoms with van der Waals surface area (Å²) in [6.07, 6.45) is 1.53. The van der Waals surface area contributed by atoms with Gasteiger partial charge in [-0.3, -0.25) is 4.79 Å². The highest BCUT2D eigenvalue weighted by Crippen LogP contribution is 2.30. The fourth-order valence-corrected chi connectivity index (χ4v) is 3.56. The van der Waals surface area contributed by atoms with E-state index in [0.29, 0.717) is 17.1 Å². The van der Waals surface area contributed by atoms with Crippen LogP contribution in [0.5, 0.6) is 0 Å². The van der Waals surface area contributed by atoms with Crippen molar-refractivity contribution in [1.29, 1.82) is 5.26 Å². The van der Waals surface area contributed by atoms with E-state index < -0.39 is 0 Å². The number of anilines is 3. The second-order valence-corrected chi connectivity index (χ2v) is 7.53. The molecule has 0 amide bonds. The molecule has 2 N–H and O–H groups in total. The Labute approximate surface area is 183 Å². The van der Waals surface area contributed by atoms with Crippen molar-refractivity contribution in [2.24, 2.45) is 7.05 Å². The second-order valence-electron chi connectivity index (χ2n) is 7.18. The standard InChI is InChI=1S/C22H19ClN6O2/c1-12-8-18(28-31-12)13(2)26-19-10-21(30)29(3)20-5-4-14(9-15(19)20)27-17-6-7-25-22(23)16(17)11-24/h4-10,13,26H,1-3H3,(H,25,27). The van der Waals surface area contributed by atoms with Gasteiger partial charge in [-0.15, -0.1) is 0 Å². The zero-order chi connectivity index (χ0) is 22.1. The maximum absolute atomic E-state index is 12.5. The molecule has 1 unspecified atom stereocenters. The Kier molecular flexibility index (Phi) is 5.36. The Bertz CT molecular complexity index is 1390. The van der Waals surface area contributed by atoms with Crippen LogP contribution in [-0.4, -0.2) is 14.7 Å². The fraction of sp³-hybridized carbons (Fsp3) is 0.182. The minimum Gasteiger partial charge on any atom is -0.376 e. The molecule has 0 bridgehead atoms. The molecule has 0 radical (unpaired) electrons. The van der Waals surface area contributed by atoms with Gasteiger partial charge >= 0.3 is 0 Å². The molecule has 0 aliphatic heterocycles. The third-order valence-corrected chi connectivity index (χ3v) is 5.29. The number of benzene rings is 1. The van der Waals surface area contributed by atoms with Crippen LogP contribution in [0.15, 0.2) is 51.9 Å². The van der Waals surface area contributed by atoms with Crippen LogP contribution in [0.3, 0.4) is 0 Å². The van der Waals surface area contributed by atoms with E-state index >= 15 is 0 Å². The molecular formula is C22H19ClN6O2. The smallest absolute Gasteiger partial charge is 0.252 e. The molecule has 0 saturated carbocycles. The highest BCUT2D eigenvalue weighted by Gasteiger charge is 2.15. The summed E-state index contributed by atoms with van der Waals surface area (Å²) in [6.45, 7) is 3.77. The van der Waals surface area contributed by atoms with E-state index in [9.17, 15) is 10.1 Å². The lowest BCUT2D eigenvalue weighted by Crippen LogP contribution is -2.18. The number of hydrogen-bond acceptors (Lipinski definition) is 7. The monoisotopic (exact) mass is 434 g/mol. The highest BCUT2D eigenvalue weighted by molar-refractivity contribution is 6.31. The Morgan fingerprint density at radius 2 is 2.03 bits per heavy atom. The average molecular weight is 435 g/mol. The molecule has 31 heavy (non-hydrogen) atoms. The summed E-state index contributed by atoms with van der Waals surface area (Å²) in [5.41, 5.74) is 3.58. The van der Waals surface area contributed by atoms with Crippen LogP contribution >= 0.6 is 11.6 Å². The zero-order valence-electron chi connectivity index (χ0n) is 17.1. The minimum atomic E-state index is -0.173. The molecule has 9 heteroatoms. The maximum Gasteiger partial charge on any atom is 0.252 e. The van der Waals surface area contributed by atoms with Crippen LogP contribution in [0.2, 0.25) is 5.15 Å². The van der Waals surface area contributed by atoms with E-state index in [1.54, 1.807) is 23.7 Å². The van der Waals surface area contributed by atoms with Gasteiger partial charge in [-0.2, -0.15) is 5.26 Å². The molecule has 0 aliphatic carbocycles. The van der Waals surface area contributed by atoms with Gasteiger partial charge in [-0.1, -0.05) is 16.8 Å². The molecule has 4 aromatic rings. The summed E-state index contributed by atoms with van der Waals surface area (Å²) in [4.78, 5) is 16.4. The zero-order valence-corrected chi connectivity index (χ0v) is 17.9. The first-order valence-electron chi connectivity index (χ1n) is 9.52. The molecule has 156 valence electrons. The first-order valence-corrected chi connectivity index (χ1v) is 9.90. The van der Waals surface area contributed by atoms with Gasteiger partial charge in [-0.05, 0) is 38.1 Å². The molecule has 1 aromatic carbocycles. The largest absolute Gasteiger partial charge is 0.376 e. The van der Waals surface area contributed by atoms with Gasteiger partial charge in [0.2, 0.25) is 0 Å². The third kappa shape index (κ3) is 3.96. The fourth-order valence-electron chi connectivity index (χ4n) is 3.36. The SMILES string of the molecule is Cc1cc(C(C)Nc2cc(=O)n(C)c3ccc(Nc4ccnc(Cl)c4C#N)cc23)no1. The predicted molar refractivity (Wildman–Crippen MR) is 120 cm³/mol. The Hall–Kier alpha value is -3.83. The van der Waals surface area contributed by atoms with Crippen molar-refractivity contribution in [3.05, 3.63) is 75.1 Å². The summed E-state index contributed by atoms with van der Waals surface area (Å²) in [5.74, 6) is 0.716. The summed E-state index contributed by atoms with van der Waals surface area (Å²) >= 11 is 6.04. The first-order chi connectivity index (χ1) is 14.9. The van der Waals surface area contributed by atoms with Crippen molar-refractivity contribution < 1.29 is 4.52 Å². The average Bonchev–Trinajstić information content (AvgIpc) is 3.18. The summed E-state index contributed by atoms with van der Waals surface area (Å²) < 4.78 is 6.75. The summed E-state index contributed by atoms with van der Waals surface area (Å²) in [7, 11) is 1.72. The number of nitriles is 1. The molecule has 0 fully saturated rings. The topological polar surface area (TPSA) is 109 Å². The van der Waals surface area contributed by atoms with Crippen molar-refractivity contribution in [3.63, 3.8) is 0 Å². The number of aromatic nitrogens is 3. The normalized spacial score (nSPS) is 11.8. The van der Waals surface area contributed by atoms with Crippen LogP contribution in [0.1, 0.15) is 30.0 Å². The first kappa shape index (κ1) is 20.4. The number of fused-ring (bicyclic) bond motifs is 1. The second kappa shape index (κ2) is 8.13. The molecule has 3 aromatic heterocycles. The number of pyridine rings is 2. The van der Waals surface area contributed by atoms with Crippen molar-refractivity contribution >= 4 is 39.6 Å². The van der Waals surface area contributed by atoms with E-state index in [4.69, 9.17) is 16.1 Å². The number of nitrogens with one attached hydrogen (secondary N) is 2. The van der Waals surface area contributed by atoms with Crippen LogP contribution in [-0.2, 0) is 7.05 Å². The molecule has 3 heterocycles. The lowest BCUT2D eigenvalue weighted by molar-refractivity contribution is 0.388. The molecule has 0 aliphatic rings. The molecule has 0 spiro atoms. The van der Waals surface area contributed by atoms with E-state index in [0.717, 1.165) is 22.3 Å². The van der Waals surface area contributed by atoms with Gasteiger partial charge in [0.25, 0.3) is 5.56 Å². The van der Waals surface area contributed by atoms with Crippen molar-refractivity contribution in [2.45, 2.75) is 19.9 Å². The van der Waals surface area contributed by atoms with Crippen LogP contribution < -0.4 is 16.2 Å². The van der Waals surface area contributed by atoms with E-state index in [1.165, 1.54) is 6.20 Å². The van der Waals surface area contributed by atoms with Crippen molar-refractivity contribution in [1.82, 2.24) is 14.7 Å². The molecule has 8 nitrogen and oxygen atoms in total. The quantitative estimate of drug-likeness (QED) is 0.439. The van der Waals surface area contributed by atoms with E-state index in [2.05, 4.69) is 26.8 Å². The number of halogens is 1. The van der Waals surface area contributed by atoms with E-state index in [-0.39, 0.29) is 22.3 Å². The van der Waals surface area contributed by atoms with Crippen molar-refractivity contribution in [3.8, 4) is 6.07 Å². The molecule has 0 saturated heterocycles. The minimum absolute atomic E-state index is 0.132. The number of rotatable bonds is 5. The molecular weight excluding hydrogens is 416 g/mol. The highest BCUT2D eigenvalue weighted by atomic mass is 35.5. The summed E-state index contributed by atoms with van der Waals surface area (Å²) in [5, 5.41) is 21.0. The van der Waals surface area contributed by atoms with Gasteiger partial charge in [-0.25, -0.2) is 4.98 Å². The Morgan fingerprint density at radius 1 is 1.23 bits per heavy atom. The number of hydrogen-bond donors (Lipinski definition) is 2. The van der Waals surface area contributed by atoms with Gasteiger partial charge < -0.3 is 19.7 Å². The molecule has 4 rings (SSSR count). The van der Waals surface area contributed by atoms with Gasteiger partial charge in [0, 0.05) is 42.1 Å². The van der Waals surface area contributed by atoms with Crippen LogP contribution in [0, 0.1) is 18.3 Å². The Balaban J connectivity index is 1.77.